The molecular formula is C25H25FN2O6S. The number of sulfonamides is 1. The molecule has 8 nitrogen and oxygen atoms in total. The molecule has 2 aromatic carbocycles. The molecule has 1 unspecified atom stereocenters. The van der Waals surface area contributed by atoms with Gasteiger partial charge in [0.1, 0.15) is 18.2 Å². The highest BCUT2D eigenvalue weighted by Gasteiger charge is 2.17. The summed E-state index contributed by atoms with van der Waals surface area (Å²) in [6, 6.07) is 14.7. The number of nitrogens with zero attached hydrogens (tertiary/aromatic N) is 1. The first kappa shape index (κ1) is 24.6. The van der Waals surface area contributed by atoms with Crippen molar-refractivity contribution in [2.75, 3.05) is 26.1 Å². The van der Waals surface area contributed by atoms with Gasteiger partial charge in [0.25, 0.3) is 5.91 Å². The standard InChI is InChI=1S/C25H25FN2O6S/c1-35(30,31)28-25(29)19-5-6-21(23(26)12-19)16-33-22-4-2-3-18(11-22)20-7-8-24(27-13-20)34-15-17-9-10-32-14-17/h2-8,11-13,17H,9-10,14-16H2,1H3,(H,28,29). The van der Waals surface area contributed by atoms with Crippen molar-refractivity contribution in [3.05, 3.63) is 77.7 Å². The number of hydrogen-bond acceptors (Lipinski definition) is 7. The molecule has 0 aliphatic carbocycles. The maximum Gasteiger partial charge on any atom is 0.264 e. The van der Waals surface area contributed by atoms with E-state index in [4.69, 9.17) is 14.2 Å². The summed E-state index contributed by atoms with van der Waals surface area (Å²) >= 11 is 0. The third-order valence-electron chi connectivity index (χ3n) is 5.38. The number of aromatic nitrogens is 1. The lowest BCUT2D eigenvalue weighted by Crippen LogP contribution is -2.29. The molecule has 1 saturated heterocycles. The molecule has 1 aliphatic heterocycles. The fourth-order valence-electron chi connectivity index (χ4n) is 3.51. The molecule has 1 fully saturated rings. The van der Waals surface area contributed by atoms with Crippen LogP contribution in [0, 0.1) is 11.7 Å². The SMILES string of the molecule is CS(=O)(=O)NC(=O)c1ccc(COc2cccc(-c3ccc(OCC4CCOC4)nc3)c2)c(F)c1. The van der Waals surface area contributed by atoms with Crippen LogP contribution in [0.2, 0.25) is 0 Å². The van der Waals surface area contributed by atoms with Gasteiger partial charge in [-0.2, -0.15) is 0 Å². The van der Waals surface area contributed by atoms with Crippen molar-refractivity contribution in [3.63, 3.8) is 0 Å². The van der Waals surface area contributed by atoms with E-state index in [-0.39, 0.29) is 17.7 Å². The summed E-state index contributed by atoms with van der Waals surface area (Å²) in [7, 11) is -3.74. The Balaban J connectivity index is 1.36. The van der Waals surface area contributed by atoms with Crippen LogP contribution in [-0.2, 0) is 21.4 Å². The Bertz CT molecular complexity index is 1290. The fourth-order valence-corrected chi connectivity index (χ4v) is 3.97. The molecule has 0 spiro atoms. The molecule has 1 N–H and O–H groups in total. The van der Waals surface area contributed by atoms with E-state index in [0.717, 1.165) is 43.1 Å². The van der Waals surface area contributed by atoms with Gasteiger partial charge in [0.05, 0.1) is 19.5 Å². The van der Waals surface area contributed by atoms with Gasteiger partial charge in [-0.25, -0.2) is 22.5 Å². The number of amides is 1. The zero-order valence-corrected chi connectivity index (χ0v) is 19.9. The topological polar surface area (TPSA) is 104 Å². The summed E-state index contributed by atoms with van der Waals surface area (Å²) < 4.78 is 55.5. The first-order valence-corrected chi connectivity index (χ1v) is 12.9. The number of carbonyl (C=O) groups is 1. The van der Waals surface area contributed by atoms with Gasteiger partial charge in [0.2, 0.25) is 15.9 Å². The van der Waals surface area contributed by atoms with Gasteiger partial charge in [-0.3, -0.25) is 4.79 Å². The number of pyridine rings is 1. The molecule has 35 heavy (non-hydrogen) atoms. The molecule has 3 aromatic rings. The van der Waals surface area contributed by atoms with E-state index in [0.29, 0.717) is 24.2 Å². The molecule has 2 heterocycles. The van der Waals surface area contributed by atoms with E-state index in [1.165, 1.54) is 12.1 Å². The Kier molecular flexibility index (Phi) is 7.62. The van der Waals surface area contributed by atoms with Crippen molar-refractivity contribution >= 4 is 15.9 Å². The fraction of sp³-hybridized carbons (Fsp3) is 0.280. The number of hydrogen-bond donors (Lipinski definition) is 1. The van der Waals surface area contributed by atoms with E-state index in [2.05, 4.69) is 4.98 Å². The molecule has 4 rings (SSSR count). The number of benzene rings is 2. The van der Waals surface area contributed by atoms with Crippen LogP contribution < -0.4 is 14.2 Å². The van der Waals surface area contributed by atoms with Crippen molar-refractivity contribution in [2.24, 2.45) is 5.92 Å². The zero-order chi connectivity index (χ0) is 24.8. The largest absolute Gasteiger partial charge is 0.489 e. The molecule has 0 radical (unpaired) electrons. The third kappa shape index (κ3) is 7.00. The number of halogens is 1. The zero-order valence-electron chi connectivity index (χ0n) is 19.1. The van der Waals surface area contributed by atoms with Gasteiger partial charge in [0.15, 0.2) is 0 Å². The lowest BCUT2D eigenvalue weighted by molar-refractivity contribution is 0.0981. The van der Waals surface area contributed by atoms with Crippen molar-refractivity contribution in [3.8, 4) is 22.8 Å². The molecule has 1 atom stereocenters. The second-order valence-corrected chi connectivity index (χ2v) is 10.0. The van der Waals surface area contributed by atoms with E-state index >= 15 is 0 Å². The van der Waals surface area contributed by atoms with Crippen molar-refractivity contribution in [2.45, 2.75) is 13.0 Å². The quantitative estimate of drug-likeness (QED) is 0.479. The summed E-state index contributed by atoms with van der Waals surface area (Å²) in [5.74, 6) is -0.0917. The minimum Gasteiger partial charge on any atom is -0.489 e. The average molecular weight is 501 g/mol. The number of nitrogens with one attached hydrogen (secondary N) is 1. The average Bonchev–Trinajstić information content (AvgIpc) is 3.35. The summed E-state index contributed by atoms with van der Waals surface area (Å²) in [5, 5.41) is 0. The van der Waals surface area contributed by atoms with Gasteiger partial charge in [-0.15, -0.1) is 0 Å². The first-order chi connectivity index (χ1) is 16.8. The lowest BCUT2D eigenvalue weighted by Gasteiger charge is -2.11. The summed E-state index contributed by atoms with van der Waals surface area (Å²) in [4.78, 5) is 16.3. The van der Waals surface area contributed by atoms with Crippen molar-refractivity contribution in [1.82, 2.24) is 9.71 Å². The van der Waals surface area contributed by atoms with Gasteiger partial charge >= 0.3 is 0 Å². The molecule has 0 bridgehead atoms. The Morgan fingerprint density at radius 2 is 2.00 bits per heavy atom. The summed E-state index contributed by atoms with van der Waals surface area (Å²) in [5.41, 5.74) is 1.87. The lowest BCUT2D eigenvalue weighted by atomic mass is 10.1. The number of ether oxygens (including phenoxy) is 3. The van der Waals surface area contributed by atoms with Crippen LogP contribution in [0.1, 0.15) is 22.3 Å². The predicted molar refractivity (Wildman–Crippen MR) is 127 cm³/mol. The van der Waals surface area contributed by atoms with Crippen molar-refractivity contribution in [1.29, 1.82) is 0 Å². The maximum absolute atomic E-state index is 14.5. The molecule has 1 amide bonds. The molecule has 10 heteroatoms. The van der Waals surface area contributed by atoms with Crippen LogP contribution in [0.3, 0.4) is 0 Å². The van der Waals surface area contributed by atoms with Crippen LogP contribution in [0.4, 0.5) is 4.39 Å². The van der Waals surface area contributed by atoms with Gasteiger partial charge in [-0.05, 0) is 42.3 Å². The minimum absolute atomic E-state index is 0.0703. The van der Waals surface area contributed by atoms with E-state index < -0.39 is 21.7 Å². The highest BCUT2D eigenvalue weighted by atomic mass is 32.2. The Morgan fingerprint density at radius 3 is 2.69 bits per heavy atom. The molecular weight excluding hydrogens is 475 g/mol. The van der Waals surface area contributed by atoms with E-state index in [1.807, 2.05) is 30.3 Å². The number of carbonyl (C=O) groups excluding carboxylic acids is 1. The van der Waals surface area contributed by atoms with E-state index in [1.54, 1.807) is 17.0 Å². The van der Waals surface area contributed by atoms with Crippen LogP contribution in [0.15, 0.2) is 60.8 Å². The molecule has 1 aromatic heterocycles. The smallest absolute Gasteiger partial charge is 0.264 e. The summed E-state index contributed by atoms with van der Waals surface area (Å²) in [6.45, 7) is 2.01. The van der Waals surface area contributed by atoms with Gasteiger partial charge in [0, 0.05) is 41.5 Å². The Hall–Kier alpha value is -3.50. The molecule has 0 saturated carbocycles. The predicted octanol–water partition coefficient (Wildman–Crippen LogP) is 3.57. The van der Waals surface area contributed by atoms with Gasteiger partial charge in [-0.1, -0.05) is 18.2 Å². The number of rotatable bonds is 9. The second kappa shape index (κ2) is 10.8. The normalized spacial score (nSPS) is 15.5. The summed E-state index contributed by atoms with van der Waals surface area (Å²) in [6.07, 6.45) is 3.57. The molecule has 1 aliphatic rings. The van der Waals surface area contributed by atoms with Crippen LogP contribution >= 0.6 is 0 Å². The van der Waals surface area contributed by atoms with Crippen molar-refractivity contribution < 1.29 is 31.8 Å². The molecule has 184 valence electrons. The van der Waals surface area contributed by atoms with Gasteiger partial charge < -0.3 is 14.2 Å². The maximum atomic E-state index is 14.5. The third-order valence-corrected chi connectivity index (χ3v) is 5.94. The minimum atomic E-state index is -3.74. The van der Waals surface area contributed by atoms with Crippen LogP contribution in [-0.4, -0.2) is 45.4 Å². The highest BCUT2D eigenvalue weighted by Crippen LogP contribution is 2.26. The Morgan fingerprint density at radius 1 is 1.14 bits per heavy atom. The van der Waals surface area contributed by atoms with Crippen LogP contribution in [0.25, 0.3) is 11.1 Å². The first-order valence-electron chi connectivity index (χ1n) is 11.0. The second-order valence-electron chi connectivity index (χ2n) is 8.25. The van der Waals surface area contributed by atoms with E-state index in [9.17, 15) is 17.6 Å². The monoisotopic (exact) mass is 500 g/mol. The Labute approximate surface area is 203 Å². The highest BCUT2D eigenvalue weighted by molar-refractivity contribution is 7.89. The van der Waals surface area contributed by atoms with Crippen LogP contribution in [0.5, 0.6) is 11.6 Å².